The fourth-order valence-electron chi connectivity index (χ4n) is 2.42. The average molecular weight is 431 g/mol. The number of hydrogen-bond donors (Lipinski definition) is 2. The molecule has 0 saturated heterocycles. The molecule has 0 bridgehead atoms. The Morgan fingerprint density at radius 1 is 1.07 bits per heavy atom. The second kappa shape index (κ2) is 9.06. The summed E-state index contributed by atoms with van der Waals surface area (Å²) in [7, 11) is 0. The van der Waals surface area contributed by atoms with Crippen LogP contribution in [0.5, 0.6) is 0 Å². The zero-order valence-corrected chi connectivity index (χ0v) is 17.2. The number of carbonyl (C=O) groups is 1. The fourth-order valence-corrected chi connectivity index (χ4v) is 2.93. The summed E-state index contributed by atoms with van der Waals surface area (Å²) in [6.07, 6.45) is 2.92. The molecule has 142 valence electrons. The van der Waals surface area contributed by atoms with E-state index >= 15 is 0 Å². The van der Waals surface area contributed by atoms with E-state index in [1.165, 1.54) is 6.08 Å². The summed E-state index contributed by atoms with van der Waals surface area (Å²) in [4.78, 5) is 12.1. The van der Waals surface area contributed by atoms with Crippen LogP contribution in [0.2, 0.25) is 10.0 Å². The Labute approximate surface area is 178 Å². The van der Waals surface area contributed by atoms with Gasteiger partial charge in [-0.15, -0.1) is 0 Å². The molecule has 0 fully saturated rings. The van der Waals surface area contributed by atoms with Crippen molar-refractivity contribution in [3.63, 3.8) is 0 Å². The Morgan fingerprint density at radius 2 is 1.82 bits per heavy atom. The van der Waals surface area contributed by atoms with Gasteiger partial charge in [-0.05, 0) is 79.3 Å². The molecule has 0 aliphatic heterocycles. The number of hydrogen-bond acceptors (Lipinski definition) is 3. The molecule has 3 aromatic rings. The van der Waals surface area contributed by atoms with Crippen LogP contribution in [-0.2, 0) is 4.79 Å². The minimum Gasteiger partial charge on any atom is -0.457 e. The van der Waals surface area contributed by atoms with Gasteiger partial charge in [-0.1, -0.05) is 29.3 Å². The predicted molar refractivity (Wildman–Crippen MR) is 119 cm³/mol. The van der Waals surface area contributed by atoms with E-state index in [0.717, 1.165) is 16.8 Å². The lowest BCUT2D eigenvalue weighted by Crippen LogP contribution is -2.33. The molecule has 1 amide bonds. The smallest absolute Gasteiger partial charge is 0.250 e. The third-order valence-corrected chi connectivity index (χ3v) is 4.77. The monoisotopic (exact) mass is 430 g/mol. The number of rotatable bonds is 4. The molecule has 0 aliphatic rings. The summed E-state index contributed by atoms with van der Waals surface area (Å²) >= 11 is 17.1. The number of amides is 1. The Kier molecular flexibility index (Phi) is 6.52. The van der Waals surface area contributed by atoms with Crippen LogP contribution >= 0.6 is 35.4 Å². The second-order valence-corrected chi connectivity index (χ2v) is 7.15. The molecule has 0 atom stereocenters. The Hall–Kier alpha value is -2.60. The molecule has 3 rings (SSSR count). The third kappa shape index (κ3) is 5.23. The van der Waals surface area contributed by atoms with Gasteiger partial charge < -0.3 is 9.73 Å². The van der Waals surface area contributed by atoms with Crippen LogP contribution in [0.25, 0.3) is 17.4 Å². The van der Waals surface area contributed by atoms with Crippen molar-refractivity contribution >= 4 is 58.2 Å². The highest BCUT2D eigenvalue weighted by Gasteiger charge is 2.07. The van der Waals surface area contributed by atoms with Gasteiger partial charge in [-0.25, -0.2) is 0 Å². The zero-order chi connectivity index (χ0) is 20.1. The van der Waals surface area contributed by atoms with Gasteiger partial charge in [-0.2, -0.15) is 0 Å². The average Bonchev–Trinajstić information content (AvgIpc) is 3.13. The molecule has 28 heavy (non-hydrogen) atoms. The first kappa shape index (κ1) is 20.1. The van der Waals surface area contributed by atoms with E-state index in [1.807, 2.05) is 31.2 Å². The van der Waals surface area contributed by atoms with Crippen LogP contribution in [-0.4, -0.2) is 11.0 Å². The third-order valence-electron chi connectivity index (χ3n) is 3.91. The molecule has 0 unspecified atom stereocenters. The molecule has 0 aliphatic carbocycles. The zero-order valence-electron chi connectivity index (χ0n) is 14.8. The number of carbonyl (C=O) groups excluding carboxylic acids is 1. The summed E-state index contributed by atoms with van der Waals surface area (Å²) < 4.78 is 5.72. The predicted octanol–water partition coefficient (Wildman–Crippen LogP) is 6.09. The van der Waals surface area contributed by atoms with E-state index in [2.05, 4.69) is 10.6 Å². The van der Waals surface area contributed by atoms with Crippen molar-refractivity contribution in [1.82, 2.24) is 5.32 Å². The van der Waals surface area contributed by atoms with Crippen LogP contribution < -0.4 is 10.6 Å². The summed E-state index contributed by atoms with van der Waals surface area (Å²) in [5, 5.41) is 7.00. The van der Waals surface area contributed by atoms with Gasteiger partial charge in [0.2, 0.25) is 5.91 Å². The number of furan rings is 1. The van der Waals surface area contributed by atoms with Gasteiger partial charge in [0.05, 0.1) is 0 Å². The molecule has 2 N–H and O–H groups in total. The van der Waals surface area contributed by atoms with E-state index in [4.69, 9.17) is 39.8 Å². The number of thiocarbonyl (C=S) groups is 1. The van der Waals surface area contributed by atoms with E-state index in [-0.39, 0.29) is 11.0 Å². The van der Waals surface area contributed by atoms with Crippen LogP contribution in [0.4, 0.5) is 5.69 Å². The number of anilines is 1. The van der Waals surface area contributed by atoms with Crippen molar-refractivity contribution in [1.29, 1.82) is 0 Å². The lowest BCUT2D eigenvalue weighted by molar-refractivity contribution is -0.115. The first-order valence-corrected chi connectivity index (χ1v) is 9.50. The summed E-state index contributed by atoms with van der Waals surface area (Å²) in [5.41, 5.74) is 2.48. The van der Waals surface area contributed by atoms with Crippen molar-refractivity contribution in [3.8, 4) is 11.3 Å². The fraction of sp³-hybridized carbons (Fsp3) is 0.0476. The van der Waals surface area contributed by atoms with E-state index < -0.39 is 0 Å². The highest BCUT2D eigenvalue weighted by atomic mass is 35.5. The van der Waals surface area contributed by atoms with E-state index in [1.54, 1.807) is 36.4 Å². The topological polar surface area (TPSA) is 54.3 Å². The first-order chi connectivity index (χ1) is 13.4. The molecular weight excluding hydrogens is 415 g/mol. The maximum Gasteiger partial charge on any atom is 0.250 e. The minimum absolute atomic E-state index is 0.182. The van der Waals surface area contributed by atoms with Gasteiger partial charge in [0.1, 0.15) is 11.5 Å². The van der Waals surface area contributed by atoms with Crippen LogP contribution in [0.15, 0.2) is 65.1 Å². The molecule has 4 nitrogen and oxygen atoms in total. The number of nitrogens with one attached hydrogen (secondary N) is 2. The van der Waals surface area contributed by atoms with E-state index in [0.29, 0.717) is 21.6 Å². The second-order valence-electron chi connectivity index (χ2n) is 5.90. The maximum atomic E-state index is 12.1. The molecule has 1 aromatic heterocycles. The Balaban J connectivity index is 1.58. The van der Waals surface area contributed by atoms with Gasteiger partial charge in [-0.3, -0.25) is 10.1 Å². The SMILES string of the molecule is Cc1c(Cl)cccc1NC(=S)NC(=O)C=Cc1ccc(-c2ccc(Cl)cc2)o1. The largest absolute Gasteiger partial charge is 0.457 e. The van der Waals surface area contributed by atoms with Gasteiger partial charge in [0.25, 0.3) is 0 Å². The molecule has 2 aromatic carbocycles. The first-order valence-electron chi connectivity index (χ1n) is 8.33. The van der Waals surface area contributed by atoms with Gasteiger partial charge in [0, 0.05) is 27.4 Å². The lowest BCUT2D eigenvalue weighted by Gasteiger charge is -2.11. The summed E-state index contributed by atoms with van der Waals surface area (Å²) in [6.45, 7) is 1.87. The highest BCUT2D eigenvalue weighted by molar-refractivity contribution is 7.80. The number of halogens is 2. The van der Waals surface area contributed by atoms with Crippen molar-refractivity contribution < 1.29 is 9.21 Å². The quantitative estimate of drug-likeness (QED) is 0.388. The van der Waals surface area contributed by atoms with Crippen LogP contribution in [0.3, 0.4) is 0 Å². The van der Waals surface area contributed by atoms with Gasteiger partial charge in [0.15, 0.2) is 5.11 Å². The number of benzene rings is 2. The van der Waals surface area contributed by atoms with Crippen molar-refractivity contribution in [2.24, 2.45) is 0 Å². The molecule has 7 heteroatoms. The minimum atomic E-state index is -0.373. The molecule has 0 radical (unpaired) electrons. The standard InChI is InChI=1S/C21H16Cl2N2O2S/c1-13-17(23)3-2-4-18(13)24-21(28)25-20(26)12-10-16-9-11-19(27-16)14-5-7-15(22)8-6-14/h2-12H,1H3,(H2,24,25,26,28). The summed E-state index contributed by atoms with van der Waals surface area (Å²) in [5.74, 6) is 0.858. The maximum absolute atomic E-state index is 12.1. The Bertz CT molecular complexity index is 1040. The molecule has 1 heterocycles. The van der Waals surface area contributed by atoms with Crippen LogP contribution in [0.1, 0.15) is 11.3 Å². The Morgan fingerprint density at radius 3 is 2.57 bits per heavy atom. The normalized spacial score (nSPS) is 10.8. The van der Waals surface area contributed by atoms with Crippen molar-refractivity contribution in [3.05, 3.63) is 82.0 Å². The summed E-state index contributed by atoms with van der Waals surface area (Å²) in [6, 6.07) is 16.3. The van der Waals surface area contributed by atoms with Crippen molar-refractivity contribution in [2.45, 2.75) is 6.92 Å². The molecule has 0 saturated carbocycles. The van der Waals surface area contributed by atoms with Gasteiger partial charge >= 0.3 is 0 Å². The van der Waals surface area contributed by atoms with E-state index in [9.17, 15) is 4.79 Å². The van der Waals surface area contributed by atoms with Crippen LogP contribution in [0, 0.1) is 6.92 Å². The lowest BCUT2D eigenvalue weighted by atomic mass is 10.2. The van der Waals surface area contributed by atoms with Crippen molar-refractivity contribution in [2.75, 3.05) is 5.32 Å². The highest BCUT2D eigenvalue weighted by Crippen LogP contribution is 2.24. The molecular formula is C21H16Cl2N2O2S. The molecule has 0 spiro atoms.